The first-order valence-electron chi connectivity index (χ1n) is 12.3. The van der Waals surface area contributed by atoms with Gasteiger partial charge in [0.1, 0.15) is 30.5 Å². The fourth-order valence-electron chi connectivity index (χ4n) is 5.52. The van der Waals surface area contributed by atoms with E-state index in [0.29, 0.717) is 27.7 Å². The normalized spacial score (nSPS) is 22.0. The fourth-order valence-corrected chi connectivity index (χ4v) is 5.52. The zero-order valence-electron chi connectivity index (χ0n) is 20.5. The number of nitrogens with zero attached hydrogens (tertiary/aromatic N) is 1. The Kier molecular flexibility index (Phi) is 8.57. The molecule has 3 fully saturated rings. The monoisotopic (exact) mass is 589 g/mol. The highest BCUT2D eigenvalue weighted by atomic mass is 79.9. The van der Waals surface area contributed by atoms with E-state index in [2.05, 4.69) is 0 Å². The van der Waals surface area contributed by atoms with Crippen molar-refractivity contribution in [1.29, 1.82) is 0 Å². The van der Waals surface area contributed by atoms with Gasteiger partial charge in [0.2, 0.25) is 5.78 Å². The van der Waals surface area contributed by atoms with Gasteiger partial charge in [-0.2, -0.15) is 0 Å². The predicted molar refractivity (Wildman–Crippen MR) is 129 cm³/mol. The van der Waals surface area contributed by atoms with Crippen LogP contribution >= 0.6 is 0 Å². The van der Waals surface area contributed by atoms with Crippen molar-refractivity contribution in [2.45, 2.75) is 25.0 Å². The summed E-state index contributed by atoms with van der Waals surface area (Å²) in [4.78, 5) is 25.9. The van der Waals surface area contributed by atoms with Gasteiger partial charge in [-0.05, 0) is 48.5 Å². The molecule has 0 amide bonds. The van der Waals surface area contributed by atoms with Crippen molar-refractivity contribution in [3.05, 3.63) is 107 Å². The molecule has 2 bridgehead atoms. The Bertz CT molecular complexity index is 1250. The molecule has 0 unspecified atom stereocenters. The van der Waals surface area contributed by atoms with Crippen molar-refractivity contribution in [1.82, 2.24) is 0 Å². The molecule has 3 heterocycles. The van der Waals surface area contributed by atoms with Crippen LogP contribution in [0.5, 0.6) is 0 Å². The molecule has 200 valence electrons. The van der Waals surface area contributed by atoms with Crippen LogP contribution in [0.2, 0.25) is 0 Å². The predicted octanol–water partition coefficient (Wildman–Crippen LogP) is 2.84. The SMILES string of the molecule is O=C(OC(c1cccc(F)c1)c1cccc(F)c1)O[C@H]1C[N+]2(CC(=O)c3ccc(F)cc3)CCC1CC2.[Br-]. The van der Waals surface area contributed by atoms with Crippen molar-refractivity contribution >= 4 is 11.9 Å². The molecular weight excluding hydrogens is 563 g/mol. The van der Waals surface area contributed by atoms with E-state index in [1.54, 1.807) is 12.1 Å². The highest BCUT2D eigenvalue weighted by molar-refractivity contribution is 5.97. The van der Waals surface area contributed by atoms with E-state index in [9.17, 15) is 22.8 Å². The third-order valence-electron chi connectivity index (χ3n) is 7.45. The Hall–Kier alpha value is -3.17. The number of ether oxygens (including phenoxy) is 2. The lowest BCUT2D eigenvalue weighted by molar-refractivity contribution is -0.938. The highest BCUT2D eigenvalue weighted by Crippen LogP contribution is 2.37. The summed E-state index contributed by atoms with van der Waals surface area (Å²) in [6.07, 6.45) is -0.835. The van der Waals surface area contributed by atoms with Crippen molar-refractivity contribution in [2.24, 2.45) is 5.92 Å². The maximum absolute atomic E-state index is 13.9. The van der Waals surface area contributed by atoms with Crippen LogP contribution in [0.15, 0.2) is 72.8 Å². The highest BCUT2D eigenvalue weighted by Gasteiger charge is 2.49. The van der Waals surface area contributed by atoms with E-state index in [1.807, 2.05) is 0 Å². The Labute approximate surface area is 229 Å². The average Bonchev–Trinajstić information content (AvgIpc) is 2.88. The van der Waals surface area contributed by atoms with Gasteiger partial charge in [0.25, 0.3) is 0 Å². The Balaban J connectivity index is 0.00000336. The van der Waals surface area contributed by atoms with Gasteiger partial charge in [-0.3, -0.25) is 4.79 Å². The van der Waals surface area contributed by atoms with Crippen LogP contribution in [0.4, 0.5) is 18.0 Å². The summed E-state index contributed by atoms with van der Waals surface area (Å²) < 4.78 is 53.0. The van der Waals surface area contributed by atoms with E-state index in [-0.39, 0.29) is 35.2 Å². The first-order chi connectivity index (χ1) is 17.8. The zero-order chi connectivity index (χ0) is 26.0. The summed E-state index contributed by atoms with van der Waals surface area (Å²) in [5.74, 6) is -1.35. The van der Waals surface area contributed by atoms with Crippen molar-refractivity contribution in [3.63, 3.8) is 0 Å². The number of hydrogen-bond acceptors (Lipinski definition) is 4. The van der Waals surface area contributed by atoms with E-state index >= 15 is 0 Å². The lowest BCUT2D eigenvalue weighted by atomic mass is 9.83. The number of carbonyl (C=O) groups excluding carboxylic acids is 2. The largest absolute Gasteiger partial charge is 1.00 e. The van der Waals surface area contributed by atoms with Crippen LogP contribution in [0, 0.1) is 23.4 Å². The van der Waals surface area contributed by atoms with Gasteiger partial charge in [0.05, 0.1) is 13.1 Å². The second-order valence-corrected chi connectivity index (χ2v) is 9.91. The molecule has 0 N–H and O–H groups in total. The fraction of sp³-hybridized carbons (Fsp3) is 0.310. The molecule has 0 radical (unpaired) electrons. The minimum atomic E-state index is -1.05. The molecule has 0 aliphatic carbocycles. The molecule has 0 aromatic heterocycles. The van der Waals surface area contributed by atoms with E-state index < -0.39 is 35.8 Å². The number of fused-ring (bicyclic) bond motifs is 3. The summed E-state index contributed by atoms with van der Waals surface area (Å²) >= 11 is 0. The second-order valence-electron chi connectivity index (χ2n) is 9.91. The number of ketones is 1. The number of piperidine rings is 3. The minimum absolute atomic E-state index is 0. The molecule has 9 heteroatoms. The number of Topliss-reactive ketones (excluding diaryl/α,β-unsaturated/α-hetero) is 1. The van der Waals surface area contributed by atoms with Crippen LogP contribution in [0.25, 0.3) is 0 Å². The van der Waals surface area contributed by atoms with Crippen LogP contribution in [0.3, 0.4) is 0 Å². The van der Waals surface area contributed by atoms with E-state index in [4.69, 9.17) is 9.47 Å². The van der Waals surface area contributed by atoms with Gasteiger partial charge in [-0.15, -0.1) is 0 Å². The van der Waals surface area contributed by atoms with E-state index in [1.165, 1.54) is 60.7 Å². The molecular formula is C29H27BrF3NO4. The number of halogens is 4. The molecule has 3 saturated heterocycles. The van der Waals surface area contributed by atoms with Crippen LogP contribution < -0.4 is 17.0 Å². The van der Waals surface area contributed by atoms with Crippen LogP contribution in [-0.4, -0.2) is 48.7 Å². The maximum atomic E-state index is 13.9. The Morgan fingerprint density at radius 1 is 0.842 bits per heavy atom. The molecule has 3 aliphatic rings. The lowest BCUT2D eigenvalue weighted by Crippen LogP contribution is -3.00. The lowest BCUT2D eigenvalue weighted by Gasteiger charge is -2.51. The quantitative estimate of drug-likeness (QED) is 0.242. The molecule has 0 spiro atoms. The summed E-state index contributed by atoms with van der Waals surface area (Å²) in [6, 6.07) is 16.7. The minimum Gasteiger partial charge on any atom is -1.00 e. The molecule has 38 heavy (non-hydrogen) atoms. The molecule has 0 saturated carbocycles. The number of quaternary nitrogens is 1. The standard InChI is InChI=1S/C29H27F3NO4.BrH/c30-23-9-7-19(8-10-23)26(34)17-33-13-11-20(12-14-33)27(18-33)36-29(35)37-28(21-3-1-5-24(31)15-21)22-4-2-6-25(32)16-22;/h1-10,15-16,20,27-28H,11-14,17-18H2;1H/q+1;/p-1/t20?,27-,33?;/m0./s1. The van der Waals surface area contributed by atoms with Gasteiger partial charge in [0.15, 0.2) is 12.2 Å². The summed E-state index contributed by atoms with van der Waals surface area (Å²) in [5.41, 5.74) is 1.15. The van der Waals surface area contributed by atoms with Crippen LogP contribution in [-0.2, 0) is 9.47 Å². The Morgan fingerprint density at radius 3 is 1.97 bits per heavy atom. The number of rotatable bonds is 7. The first kappa shape index (κ1) is 27.9. The number of benzene rings is 3. The zero-order valence-corrected chi connectivity index (χ0v) is 22.1. The topological polar surface area (TPSA) is 52.6 Å². The summed E-state index contributed by atoms with van der Waals surface area (Å²) in [7, 11) is 0. The molecule has 5 nitrogen and oxygen atoms in total. The Morgan fingerprint density at radius 2 is 1.42 bits per heavy atom. The summed E-state index contributed by atoms with van der Waals surface area (Å²) in [6.45, 7) is 2.29. The number of carbonyl (C=O) groups is 2. The second kappa shape index (κ2) is 11.7. The van der Waals surface area contributed by atoms with Crippen LogP contribution in [0.1, 0.15) is 40.4 Å². The van der Waals surface area contributed by atoms with E-state index in [0.717, 1.165) is 25.9 Å². The van der Waals surface area contributed by atoms with Crippen molar-refractivity contribution < 1.29 is 53.7 Å². The molecule has 1 atom stereocenters. The van der Waals surface area contributed by atoms with Gasteiger partial charge in [0, 0.05) is 35.4 Å². The van der Waals surface area contributed by atoms with Crippen molar-refractivity contribution in [3.8, 4) is 0 Å². The van der Waals surface area contributed by atoms with Gasteiger partial charge < -0.3 is 30.9 Å². The average molecular weight is 590 g/mol. The first-order valence-corrected chi connectivity index (χ1v) is 12.3. The molecule has 6 rings (SSSR count). The molecule has 3 aromatic carbocycles. The molecule has 3 aromatic rings. The maximum Gasteiger partial charge on any atom is 0.509 e. The third kappa shape index (κ3) is 6.27. The van der Waals surface area contributed by atoms with Gasteiger partial charge >= 0.3 is 6.16 Å². The van der Waals surface area contributed by atoms with Gasteiger partial charge in [-0.25, -0.2) is 18.0 Å². The molecule has 3 aliphatic heterocycles. The third-order valence-corrected chi connectivity index (χ3v) is 7.45. The number of hydrogen-bond donors (Lipinski definition) is 0. The van der Waals surface area contributed by atoms with Gasteiger partial charge in [-0.1, -0.05) is 24.3 Å². The van der Waals surface area contributed by atoms with Crippen molar-refractivity contribution in [2.75, 3.05) is 26.2 Å². The smallest absolute Gasteiger partial charge is 0.509 e. The summed E-state index contributed by atoms with van der Waals surface area (Å²) in [5, 5.41) is 0.